The van der Waals surface area contributed by atoms with Gasteiger partial charge in [-0.2, -0.15) is 0 Å². The van der Waals surface area contributed by atoms with Gasteiger partial charge in [0.1, 0.15) is 5.78 Å². The van der Waals surface area contributed by atoms with Crippen LogP contribution < -0.4 is 0 Å². The number of Topliss-reactive ketones (excluding diaryl/α,β-unsaturated/α-hetero) is 1. The Morgan fingerprint density at radius 1 is 0.852 bits per heavy atom. The molecule has 0 aliphatic rings. The van der Waals surface area contributed by atoms with Gasteiger partial charge in [0.2, 0.25) is 0 Å². The van der Waals surface area contributed by atoms with E-state index in [1.54, 1.807) is 6.92 Å². The van der Waals surface area contributed by atoms with Gasteiger partial charge in [0, 0.05) is 12.3 Å². The lowest BCUT2D eigenvalue weighted by Crippen LogP contribution is -2.23. The minimum atomic E-state index is -1.03. The molecule has 5 heteroatoms. The molecule has 2 atom stereocenters. The number of carboxylic acids is 2. The Balaban J connectivity index is 2.12. The van der Waals surface area contributed by atoms with Crippen LogP contribution in [0.15, 0.2) is 54.6 Å². The van der Waals surface area contributed by atoms with Crippen LogP contribution in [-0.2, 0) is 20.8 Å². The molecule has 0 radical (unpaired) electrons. The van der Waals surface area contributed by atoms with Gasteiger partial charge in [0.25, 0.3) is 0 Å². The Morgan fingerprint density at radius 2 is 1.44 bits per heavy atom. The number of carboxylic acid groups (broad SMARTS) is 2. The van der Waals surface area contributed by atoms with Gasteiger partial charge in [0.05, 0.1) is 12.3 Å². The summed E-state index contributed by atoms with van der Waals surface area (Å²) in [6.45, 7) is 1.57. The molecule has 27 heavy (non-hydrogen) atoms. The second kappa shape index (κ2) is 9.67. The molecule has 0 heterocycles. The largest absolute Gasteiger partial charge is 0.481 e. The van der Waals surface area contributed by atoms with Crippen molar-refractivity contribution in [2.45, 2.75) is 32.6 Å². The van der Waals surface area contributed by atoms with Gasteiger partial charge in [-0.05, 0) is 29.5 Å². The molecule has 2 N–H and O–H groups in total. The molecule has 0 fully saturated rings. The quantitative estimate of drug-likeness (QED) is 0.660. The van der Waals surface area contributed by atoms with Crippen molar-refractivity contribution in [2.24, 2.45) is 11.8 Å². The fraction of sp³-hybridized carbons (Fsp3) is 0.318. The first kappa shape index (κ1) is 20.4. The standard InChI is InChI=1S/C22H24O5/c1-15(22(26)27)13-19(20(23)11-12-21(24)25)14-16-7-9-18(10-8-16)17-5-3-2-4-6-17/h2-10,15,19H,11-14H2,1H3,(H,24,25)(H,26,27)/t15-,19+/m1/s1. The molecular formula is C22H24O5. The lowest BCUT2D eigenvalue weighted by molar-refractivity contribution is -0.143. The van der Waals surface area contributed by atoms with E-state index in [4.69, 9.17) is 10.2 Å². The number of carbonyl (C=O) groups is 3. The van der Waals surface area contributed by atoms with Crippen LogP contribution in [0.1, 0.15) is 31.7 Å². The van der Waals surface area contributed by atoms with E-state index in [1.165, 1.54) is 0 Å². The predicted octanol–water partition coefficient (Wildman–Crippen LogP) is 4.06. The zero-order valence-electron chi connectivity index (χ0n) is 15.3. The molecule has 0 bridgehead atoms. The van der Waals surface area contributed by atoms with Gasteiger partial charge in [-0.25, -0.2) is 0 Å². The topological polar surface area (TPSA) is 91.7 Å². The fourth-order valence-corrected chi connectivity index (χ4v) is 3.04. The summed E-state index contributed by atoms with van der Waals surface area (Å²) < 4.78 is 0. The number of rotatable bonds is 10. The summed E-state index contributed by atoms with van der Waals surface area (Å²) >= 11 is 0. The Morgan fingerprint density at radius 3 is 2.00 bits per heavy atom. The first-order valence-corrected chi connectivity index (χ1v) is 8.98. The lowest BCUT2D eigenvalue weighted by atomic mass is 9.85. The molecule has 5 nitrogen and oxygen atoms in total. The maximum atomic E-state index is 12.4. The number of hydrogen-bond donors (Lipinski definition) is 2. The van der Waals surface area contributed by atoms with Crippen molar-refractivity contribution in [2.75, 3.05) is 0 Å². The summed E-state index contributed by atoms with van der Waals surface area (Å²) in [5.41, 5.74) is 3.09. The van der Waals surface area contributed by atoms with E-state index in [2.05, 4.69) is 0 Å². The molecule has 2 rings (SSSR count). The van der Waals surface area contributed by atoms with E-state index in [0.717, 1.165) is 16.7 Å². The molecule has 0 unspecified atom stereocenters. The Bertz CT molecular complexity index is 780. The van der Waals surface area contributed by atoms with Crippen molar-refractivity contribution in [1.82, 2.24) is 0 Å². The van der Waals surface area contributed by atoms with E-state index in [1.807, 2.05) is 54.6 Å². The number of ketones is 1. The molecule has 0 aromatic heterocycles. The van der Waals surface area contributed by atoms with Crippen LogP contribution in [0.5, 0.6) is 0 Å². The Labute approximate surface area is 158 Å². The van der Waals surface area contributed by atoms with E-state index in [0.29, 0.717) is 6.42 Å². The summed E-state index contributed by atoms with van der Waals surface area (Å²) in [5.74, 6) is -3.34. The molecular weight excluding hydrogens is 344 g/mol. The highest BCUT2D eigenvalue weighted by Crippen LogP contribution is 2.24. The Hall–Kier alpha value is -2.95. The van der Waals surface area contributed by atoms with Crippen LogP contribution in [0.2, 0.25) is 0 Å². The van der Waals surface area contributed by atoms with E-state index in [9.17, 15) is 14.4 Å². The summed E-state index contributed by atoms with van der Waals surface area (Å²) in [6.07, 6.45) is 0.303. The van der Waals surface area contributed by atoms with Crippen molar-refractivity contribution in [1.29, 1.82) is 0 Å². The van der Waals surface area contributed by atoms with E-state index < -0.39 is 23.8 Å². The molecule has 0 saturated heterocycles. The minimum absolute atomic E-state index is 0.0750. The number of benzene rings is 2. The molecule has 2 aromatic rings. The maximum absolute atomic E-state index is 12.4. The zero-order valence-corrected chi connectivity index (χ0v) is 15.3. The predicted molar refractivity (Wildman–Crippen MR) is 102 cm³/mol. The molecule has 0 amide bonds. The van der Waals surface area contributed by atoms with Crippen molar-refractivity contribution < 1.29 is 24.6 Å². The van der Waals surface area contributed by atoms with Gasteiger partial charge < -0.3 is 10.2 Å². The van der Waals surface area contributed by atoms with Gasteiger partial charge in [0.15, 0.2) is 0 Å². The highest BCUT2D eigenvalue weighted by molar-refractivity contribution is 5.85. The molecule has 142 valence electrons. The number of hydrogen-bond acceptors (Lipinski definition) is 3. The summed E-state index contributed by atoms with van der Waals surface area (Å²) in [6, 6.07) is 17.7. The van der Waals surface area contributed by atoms with Crippen LogP contribution in [0.4, 0.5) is 0 Å². The molecule has 0 saturated carbocycles. The monoisotopic (exact) mass is 368 g/mol. The van der Waals surface area contributed by atoms with Crippen LogP contribution in [0, 0.1) is 11.8 Å². The van der Waals surface area contributed by atoms with Crippen molar-refractivity contribution in [3.8, 4) is 11.1 Å². The lowest BCUT2D eigenvalue weighted by Gasteiger charge is -2.18. The minimum Gasteiger partial charge on any atom is -0.481 e. The molecule has 2 aromatic carbocycles. The fourth-order valence-electron chi connectivity index (χ4n) is 3.04. The summed E-state index contributed by atoms with van der Waals surface area (Å²) in [7, 11) is 0. The number of carbonyl (C=O) groups excluding carboxylic acids is 1. The SMILES string of the molecule is C[C@H](C[C@@H](Cc1ccc(-c2ccccc2)cc1)C(=O)CCC(=O)O)C(=O)O. The van der Waals surface area contributed by atoms with Crippen molar-refractivity contribution >= 4 is 17.7 Å². The second-order valence-electron chi connectivity index (χ2n) is 6.80. The summed E-state index contributed by atoms with van der Waals surface area (Å²) in [4.78, 5) is 34.4. The van der Waals surface area contributed by atoms with Gasteiger partial charge >= 0.3 is 11.9 Å². The van der Waals surface area contributed by atoms with Crippen LogP contribution >= 0.6 is 0 Å². The first-order chi connectivity index (χ1) is 12.9. The first-order valence-electron chi connectivity index (χ1n) is 8.98. The normalized spacial score (nSPS) is 12.9. The molecule has 0 aliphatic carbocycles. The smallest absolute Gasteiger partial charge is 0.306 e. The average molecular weight is 368 g/mol. The van der Waals surface area contributed by atoms with Gasteiger partial charge in [-0.15, -0.1) is 0 Å². The van der Waals surface area contributed by atoms with Crippen molar-refractivity contribution in [3.05, 3.63) is 60.2 Å². The zero-order chi connectivity index (χ0) is 19.8. The Kier molecular flexibility index (Phi) is 7.29. The highest BCUT2D eigenvalue weighted by atomic mass is 16.4. The average Bonchev–Trinajstić information content (AvgIpc) is 2.66. The second-order valence-corrected chi connectivity index (χ2v) is 6.80. The summed E-state index contributed by atoms with van der Waals surface area (Å²) in [5, 5.41) is 18.0. The van der Waals surface area contributed by atoms with Gasteiger partial charge in [-0.1, -0.05) is 61.5 Å². The highest BCUT2D eigenvalue weighted by Gasteiger charge is 2.25. The third kappa shape index (κ3) is 6.37. The maximum Gasteiger partial charge on any atom is 0.306 e. The van der Waals surface area contributed by atoms with Crippen LogP contribution in [-0.4, -0.2) is 27.9 Å². The third-order valence-electron chi connectivity index (χ3n) is 4.64. The van der Waals surface area contributed by atoms with E-state index >= 15 is 0 Å². The van der Waals surface area contributed by atoms with Crippen LogP contribution in [0.25, 0.3) is 11.1 Å². The third-order valence-corrected chi connectivity index (χ3v) is 4.64. The van der Waals surface area contributed by atoms with Crippen LogP contribution in [0.3, 0.4) is 0 Å². The van der Waals surface area contributed by atoms with Crippen molar-refractivity contribution in [3.63, 3.8) is 0 Å². The molecule has 0 aliphatic heterocycles. The molecule has 0 spiro atoms. The van der Waals surface area contributed by atoms with E-state index in [-0.39, 0.29) is 25.0 Å². The number of aliphatic carboxylic acids is 2. The van der Waals surface area contributed by atoms with Gasteiger partial charge in [-0.3, -0.25) is 14.4 Å².